The summed E-state index contributed by atoms with van der Waals surface area (Å²) in [6.07, 6.45) is 2.98. The summed E-state index contributed by atoms with van der Waals surface area (Å²) >= 11 is 0. The molecule has 184 valence electrons. The molecule has 1 heterocycles. The number of nitrogens with one attached hydrogen (secondary N) is 2. The van der Waals surface area contributed by atoms with Gasteiger partial charge < -0.3 is 19.9 Å². The smallest absolute Gasteiger partial charge is 0.405 e. The average molecular weight is 481 g/mol. The van der Waals surface area contributed by atoms with Crippen LogP contribution in [0.5, 0.6) is 0 Å². The van der Waals surface area contributed by atoms with Gasteiger partial charge in [-0.3, -0.25) is 0 Å². The van der Waals surface area contributed by atoms with Gasteiger partial charge in [0, 0.05) is 6.04 Å². The first-order valence-corrected chi connectivity index (χ1v) is 13.2. The quantitative estimate of drug-likeness (QED) is 0.550. The molecule has 0 radical (unpaired) electrons. The Hall–Kier alpha value is -1.68. The number of carboxylic acid groups (broad SMARTS) is 1. The molecule has 9 heteroatoms. The van der Waals surface area contributed by atoms with Gasteiger partial charge in [-0.05, 0) is 80.9 Å². The van der Waals surface area contributed by atoms with E-state index >= 15 is 0 Å². The van der Waals surface area contributed by atoms with Gasteiger partial charge in [0.25, 0.3) is 0 Å². The first kappa shape index (κ1) is 24.4. The molecule has 3 N–H and O–H groups in total. The molecule has 1 aliphatic heterocycles. The van der Waals surface area contributed by atoms with Crippen LogP contribution in [-0.4, -0.2) is 50.2 Å². The Kier molecular flexibility index (Phi) is 6.31. The predicted octanol–water partition coefficient (Wildman–Crippen LogP) is 3.51. The van der Waals surface area contributed by atoms with Gasteiger partial charge in [0.2, 0.25) is 10.0 Å². The maximum atomic E-state index is 13.0. The van der Waals surface area contributed by atoms with E-state index in [4.69, 9.17) is 9.47 Å². The Balaban J connectivity index is 1.39. The summed E-state index contributed by atoms with van der Waals surface area (Å²) in [5.41, 5.74) is 0.282. The molecule has 33 heavy (non-hydrogen) atoms. The number of hydrogen-bond donors (Lipinski definition) is 3. The fraction of sp³-hybridized carbons (Fsp3) is 0.708. The molecular formula is C24H36N2O6S. The van der Waals surface area contributed by atoms with Crippen molar-refractivity contribution >= 4 is 16.1 Å². The van der Waals surface area contributed by atoms with Gasteiger partial charge in [0.15, 0.2) is 5.79 Å². The zero-order valence-corrected chi connectivity index (χ0v) is 20.7. The molecule has 0 spiro atoms. The molecule has 0 aromatic heterocycles. The van der Waals surface area contributed by atoms with E-state index in [1.54, 1.807) is 38.1 Å². The highest BCUT2D eigenvalue weighted by Crippen LogP contribution is 2.59. The highest BCUT2D eigenvalue weighted by atomic mass is 32.2. The Bertz CT molecular complexity index is 977. The van der Waals surface area contributed by atoms with Crippen molar-refractivity contribution in [3.63, 3.8) is 0 Å². The fourth-order valence-electron chi connectivity index (χ4n) is 5.65. The Labute approximate surface area is 196 Å². The van der Waals surface area contributed by atoms with Gasteiger partial charge in [-0.1, -0.05) is 26.0 Å². The van der Waals surface area contributed by atoms with Crippen LogP contribution >= 0.6 is 0 Å². The number of aryl methyl sites for hydroxylation is 1. The third-order valence-corrected chi connectivity index (χ3v) is 9.56. The number of benzene rings is 1. The summed E-state index contributed by atoms with van der Waals surface area (Å²) in [6.45, 7) is 8.50. The number of hydrogen-bond acceptors (Lipinski definition) is 5. The van der Waals surface area contributed by atoms with E-state index in [0.29, 0.717) is 24.7 Å². The van der Waals surface area contributed by atoms with E-state index in [-0.39, 0.29) is 29.6 Å². The van der Waals surface area contributed by atoms with Crippen molar-refractivity contribution in [3.05, 3.63) is 29.8 Å². The molecule has 1 aromatic rings. The second kappa shape index (κ2) is 8.52. The van der Waals surface area contributed by atoms with Crippen LogP contribution in [0.4, 0.5) is 4.79 Å². The molecule has 4 aliphatic rings. The maximum Gasteiger partial charge on any atom is 0.405 e. The Morgan fingerprint density at radius 1 is 1.09 bits per heavy atom. The van der Waals surface area contributed by atoms with Crippen molar-refractivity contribution in [1.29, 1.82) is 0 Å². The van der Waals surface area contributed by atoms with Crippen molar-refractivity contribution in [1.82, 2.24) is 10.0 Å². The second-order valence-corrected chi connectivity index (χ2v) is 12.7. The molecule has 1 saturated heterocycles. The SMILES string of the molecule is CC1(C)OCC(CCc2ccc(S(=O)(=O)NC3CCC4CC3C4(C)C)cc2)(NC(=O)O)CO1. The zero-order valence-electron chi connectivity index (χ0n) is 19.9. The van der Waals surface area contributed by atoms with E-state index in [0.717, 1.165) is 24.8 Å². The predicted molar refractivity (Wildman–Crippen MR) is 123 cm³/mol. The van der Waals surface area contributed by atoms with Crippen LogP contribution in [0, 0.1) is 17.3 Å². The third kappa shape index (κ3) is 5.06. The molecule has 3 saturated carbocycles. The zero-order chi connectivity index (χ0) is 24.1. The first-order chi connectivity index (χ1) is 15.3. The Morgan fingerprint density at radius 3 is 2.27 bits per heavy atom. The lowest BCUT2D eigenvalue weighted by atomic mass is 9.47. The normalized spacial score (nSPS) is 29.6. The molecule has 1 aromatic carbocycles. The van der Waals surface area contributed by atoms with E-state index in [1.165, 1.54) is 0 Å². The van der Waals surface area contributed by atoms with Crippen molar-refractivity contribution < 1.29 is 27.8 Å². The van der Waals surface area contributed by atoms with E-state index in [9.17, 15) is 18.3 Å². The third-order valence-electron chi connectivity index (χ3n) is 8.05. The average Bonchev–Trinajstić information content (AvgIpc) is 2.74. The van der Waals surface area contributed by atoms with Gasteiger partial charge in [0.1, 0.15) is 0 Å². The molecule has 2 bridgehead atoms. The highest BCUT2D eigenvalue weighted by molar-refractivity contribution is 7.89. The number of rotatable bonds is 7. The summed E-state index contributed by atoms with van der Waals surface area (Å²) in [5.74, 6) is 0.362. The van der Waals surface area contributed by atoms with E-state index in [2.05, 4.69) is 23.9 Å². The van der Waals surface area contributed by atoms with Gasteiger partial charge >= 0.3 is 6.09 Å². The summed E-state index contributed by atoms with van der Waals surface area (Å²) in [7, 11) is -3.59. The van der Waals surface area contributed by atoms with Crippen LogP contribution in [0.3, 0.4) is 0 Å². The van der Waals surface area contributed by atoms with Crippen molar-refractivity contribution in [2.45, 2.75) is 82.1 Å². The van der Waals surface area contributed by atoms with Gasteiger partial charge in [0.05, 0.1) is 23.6 Å². The Morgan fingerprint density at radius 2 is 1.73 bits per heavy atom. The summed E-state index contributed by atoms with van der Waals surface area (Å²) in [6, 6.07) is 6.84. The minimum Gasteiger partial charge on any atom is -0.465 e. The summed E-state index contributed by atoms with van der Waals surface area (Å²) in [4.78, 5) is 11.6. The maximum absolute atomic E-state index is 13.0. The van der Waals surface area contributed by atoms with Gasteiger partial charge in [-0.25, -0.2) is 17.9 Å². The van der Waals surface area contributed by atoms with Crippen LogP contribution in [0.2, 0.25) is 0 Å². The standard InChI is InChI=1S/C24H36N2O6S/c1-22(2)17-7-10-20(19(22)13-17)26-33(29,30)18-8-5-16(6-9-18)11-12-24(25-21(27)28)14-31-23(3,4)32-15-24/h5-6,8-9,17,19-20,25-26H,7,10-15H2,1-4H3,(H,27,28). The lowest BCUT2D eigenvalue weighted by Gasteiger charge is -2.60. The molecule has 3 unspecified atom stereocenters. The van der Waals surface area contributed by atoms with Crippen LogP contribution < -0.4 is 10.0 Å². The van der Waals surface area contributed by atoms with Gasteiger partial charge in [-0.2, -0.15) is 0 Å². The molecular weight excluding hydrogens is 444 g/mol. The minimum absolute atomic E-state index is 0.00724. The monoisotopic (exact) mass is 480 g/mol. The van der Waals surface area contributed by atoms with Gasteiger partial charge in [-0.15, -0.1) is 0 Å². The van der Waals surface area contributed by atoms with Crippen molar-refractivity contribution in [3.8, 4) is 0 Å². The fourth-order valence-corrected chi connectivity index (χ4v) is 6.96. The number of amides is 1. The van der Waals surface area contributed by atoms with Crippen LogP contribution in [0.15, 0.2) is 29.2 Å². The van der Waals surface area contributed by atoms with Crippen molar-refractivity contribution in [2.24, 2.45) is 17.3 Å². The molecule has 5 rings (SSSR count). The minimum atomic E-state index is -3.59. The summed E-state index contributed by atoms with van der Waals surface area (Å²) in [5, 5.41) is 11.8. The first-order valence-electron chi connectivity index (χ1n) is 11.7. The lowest BCUT2D eigenvalue weighted by Crippen LogP contribution is -2.61. The number of fused-ring (bicyclic) bond motifs is 2. The number of sulfonamides is 1. The molecule has 3 atom stereocenters. The molecule has 1 amide bonds. The van der Waals surface area contributed by atoms with Crippen molar-refractivity contribution in [2.75, 3.05) is 13.2 Å². The van der Waals surface area contributed by atoms with Crippen LogP contribution in [0.1, 0.15) is 58.9 Å². The number of carbonyl (C=O) groups is 1. The lowest BCUT2D eigenvalue weighted by molar-refractivity contribution is -0.271. The largest absolute Gasteiger partial charge is 0.465 e. The molecule has 4 fully saturated rings. The topological polar surface area (TPSA) is 114 Å². The molecule has 8 nitrogen and oxygen atoms in total. The van der Waals surface area contributed by atoms with E-state index in [1.807, 2.05) is 0 Å². The number of ether oxygens (including phenoxy) is 2. The van der Waals surface area contributed by atoms with E-state index < -0.39 is 27.4 Å². The molecule has 3 aliphatic carbocycles. The highest BCUT2D eigenvalue weighted by Gasteiger charge is 2.55. The van der Waals surface area contributed by atoms with Crippen LogP contribution in [-0.2, 0) is 25.9 Å². The summed E-state index contributed by atoms with van der Waals surface area (Å²) < 4.78 is 40.4. The van der Waals surface area contributed by atoms with Crippen LogP contribution in [0.25, 0.3) is 0 Å². The second-order valence-electron chi connectivity index (χ2n) is 11.0.